The van der Waals surface area contributed by atoms with E-state index in [9.17, 15) is 4.79 Å². The number of aromatic nitrogens is 4. The zero-order valence-electron chi connectivity index (χ0n) is 13.0. The fourth-order valence-electron chi connectivity index (χ4n) is 2.59. The third-order valence-electron chi connectivity index (χ3n) is 3.93. The van der Waals surface area contributed by atoms with Crippen molar-refractivity contribution in [3.63, 3.8) is 0 Å². The van der Waals surface area contributed by atoms with E-state index >= 15 is 0 Å². The van der Waals surface area contributed by atoms with E-state index in [4.69, 9.17) is 9.47 Å². The molecule has 0 radical (unpaired) electrons. The van der Waals surface area contributed by atoms with Crippen LogP contribution in [0.25, 0.3) is 0 Å². The summed E-state index contributed by atoms with van der Waals surface area (Å²) in [6, 6.07) is 3.17. The SMILES string of the molecule is COc1ccc([C@H]2OCC[C@@H]2NC(=O)C(C)n2cncn2)cn1. The Balaban J connectivity index is 1.67. The van der Waals surface area contributed by atoms with Crippen molar-refractivity contribution in [3.8, 4) is 5.88 Å². The average Bonchev–Trinajstić information content (AvgIpc) is 3.26. The third kappa shape index (κ3) is 3.31. The summed E-state index contributed by atoms with van der Waals surface area (Å²) in [7, 11) is 1.57. The first kappa shape index (κ1) is 15.4. The van der Waals surface area contributed by atoms with Crippen molar-refractivity contribution in [2.24, 2.45) is 0 Å². The largest absolute Gasteiger partial charge is 0.481 e. The van der Waals surface area contributed by atoms with Crippen molar-refractivity contribution in [2.75, 3.05) is 13.7 Å². The Bertz CT molecular complexity index is 644. The molecule has 2 aromatic heterocycles. The van der Waals surface area contributed by atoms with Crippen LogP contribution in [0.5, 0.6) is 5.88 Å². The maximum absolute atomic E-state index is 12.4. The molecule has 1 unspecified atom stereocenters. The number of hydrogen-bond donors (Lipinski definition) is 1. The smallest absolute Gasteiger partial charge is 0.244 e. The summed E-state index contributed by atoms with van der Waals surface area (Å²) in [5, 5.41) is 7.03. The highest BCUT2D eigenvalue weighted by molar-refractivity contribution is 5.80. The second-order valence-corrected chi connectivity index (χ2v) is 5.38. The van der Waals surface area contributed by atoms with Crippen molar-refractivity contribution >= 4 is 5.91 Å². The summed E-state index contributed by atoms with van der Waals surface area (Å²) in [4.78, 5) is 20.4. The lowest BCUT2D eigenvalue weighted by molar-refractivity contribution is -0.125. The Hall–Kier alpha value is -2.48. The Kier molecular flexibility index (Phi) is 4.52. The molecular weight excluding hydrogens is 298 g/mol. The molecule has 0 aliphatic carbocycles. The zero-order valence-corrected chi connectivity index (χ0v) is 13.0. The van der Waals surface area contributed by atoms with Crippen molar-refractivity contribution in [3.05, 3.63) is 36.5 Å². The van der Waals surface area contributed by atoms with Gasteiger partial charge in [-0.25, -0.2) is 14.6 Å². The topological polar surface area (TPSA) is 91.2 Å². The number of nitrogens with zero attached hydrogens (tertiary/aromatic N) is 4. The fourth-order valence-corrected chi connectivity index (χ4v) is 2.59. The summed E-state index contributed by atoms with van der Waals surface area (Å²) < 4.78 is 12.3. The van der Waals surface area contributed by atoms with Crippen LogP contribution < -0.4 is 10.1 Å². The van der Waals surface area contributed by atoms with Gasteiger partial charge in [-0.1, -0.05) is 0 Å². The predicted octanol–water partition coefficient (Wildman–Crippen LogP) is 0.889. The van der Waals surface area contributed by atoms with Crippen molar-refractivity contribution in [1.29, 1.82) is 0 Å². The van der Waals surface area contributed by atoms with Gasteiger partial charge >= 0.3 is 0 Å². The minimum absolute atomic E-state index is 0.0938. The number of carbonyl (C=O) groups excluding carboxylic acids is 1. The first-order valence-corrected chi connectivity index (χ1v) is 7.45. The van der Waals surface area contributed by atoms with Gasteiger partial charge in [0.05, 0.1) is 13.2 Å². The minimum Gasteiger partial charge on any atom is -0.481 e. The predicted molar refractivity (Wildman–Crippen MR) is 80.8 cm³/mol. The van der Waals surface area contributed by atoms with Gasteiger partial charge in [-0.2, -0.15) is 5.10 Å². The van der Waals surface area contributed by atoms with Crippen LogP contribution in [-0.2, 0) is 9.53 Å². The van der Waals surface area contributed by atoms with E-state index in [0.717, 1.165) is 12.0 Å². The van der Waals surface area contributed by atoms with E-state index in [2.05, 4.69) is 20.4 Å². The highest BCUT2D eigenvalue weighted by atomic mass is 16.5. The number of nitrogens with one attached hydrogen (secondary N) is 1. The number of carbonyl (C=O) groups is 1. The molecule has 3 atom stereocenters. The normalized spacial score (nSPS) is 21.8. The van der Waals surface area contributed by atoms with E-state index in [1.165, 1.54) is 17.3 Å². The van der Waals surface area contributed by atoms with Crippen LogP contribution in [0.1, 0.15) is 31.1 Å². The molecule has 1 aliphatic rings. The van der Waals surface area contributed by atoms with Crippen molar-refractivity contribution < 1.29 is 14.3 Å². The minimum atomic E-state index is -0.423. The molecule has 0 bridgehead atoms. The molecule has 3 rings (SSSR count). The van der Waals surface area contributed by atoms with E-state index in [-0.39, 0.29) is 18.1 Å². The lowest BCUT2D eigenvalue weighted by Gasteiger charge is -2.22. The van der Waals surface area contributed by atoms with E-state index in [0.29, 0.717) is 12.5 Å². The maximum Gasteiger partial charge on any atom is 0.244 e. The van der Waals surface area contributed by atoms with Gasteiger partial charge < -0.3 is 14.8 Å². The molecule has 1 fully saturated rings. The van der Waals surface area contributed by atoms with Crippen LogP contribution in [0.4, 0.5) is 0 Å². The maximum atomic E-state index is 12.4. The average molecular weight is 317 g/mol. The molecule has 122 valence electrons. The van der Waals surface area contributed by atoms with Gasteiger partial charge in [-0.15, -0.1) is 0 Å². The number of hydrogen-bond acceptors (Lipinski definition) is 6. The van der Waals surface area contributed by atoms with E-state index in [1.807, 2.05) is 6.07 Å². The second-order valence-electron chi connectivity index (χ2n) is 5.38. The Labute approximate surface area is 133 Å². The number of ether oxygens (including phenoxy) is 2. The summed E-state index contributed by atoms with van der Waals surface area (Å²) in [6.07, 6.45) is 5.20. The molecule has 1 amide bonds. The van der Waals surface area contributed by atoms with Gasteiger partial charge in [0.1, 0.15) is 24.8 Å². The van der Waals surface area contributed by atoms with Crippen molar-refractivity contribution in [1.82, 2.24) is 25.1 Å². The van der Waals surface area contributed by atoms with E-state index < -0.39 is 6.04 Å². The molecule has 2 aromatic rings. The first-order chi connectivity index (χ1) is 11.2. The van der Waals surface area contributed by atoms with Gasteiger partial charge in [-0.3, -0.25) is 4.79 Å². The zero-order chi connectivity index (χ0) is 16.2. The third-order valence-corrected chi connectivity index (χ3v) is 3.93. The summed E-state index contributed by atoms with van der Waals surface area (Å²) in [6.45, 7) is 2.38. The van der Waals surface area contributed by atoms with Gasteiger partial charge in [-0.05, 0) is 19.4 Å². The van der Waals surface area contributed by atoms with Crippen LogP contribution >= 0.6 is 0 Å². The van der Waals surface area contributed by atoms with E-state index in [1.54, 1.807) is 26.3 Å². The number of amides is 1. The molecule has 1 saturated heterocycles. The summed E-state index contributed by atoms with van der Waals surface area (Å²) in [5.74, 6) is 0.435. The molecule has 0 aromatic carbocycles. The Morgan fingerprint density at radius 2 is 2.39 bits per heavy atom. The quantitative estimate of drug-likeness (QED) is 0.880. The highest BCUT2D eigenvalue weighted by Gasteiger charge is 2.32. The van der Waals surface area contributed by atoms with Crippen LogP contribution in [0, 0.1) is 0 Å². The fraction of sp³-hybridized carbons (Fsp3) is 0.467. The summed E-state index contributed by atoms with van der Waals surface area (Å²) >= 11 is 0. The van der Waals surface area contributed by atoms with Crippen LogP contribution in [0.3, 0.4) is 0 Å². The van der Waals surface area contributed by atoms with Gasteiger partial charge in [0, 0.05) is 24.4 Å². The van der Waals surface area contributed by atoms with Crippen LogP contribution in [0.2, 0.25) is 0 Å². The first-order valence-electron chi connectivity index (χ1n) is 7.45. The highest BCUT2D eigenvalue weighted by Crippen LogP contribution is 2.29. The van der Waals surface area contributed by atoms with Crippen LogP contribution in [-0.4, -0.2) is 45.4 Å². The monoisotopic (exact) mass is 317 g/mol. The van der Waals surface area contributed by atoms with Crippen LogP contribution in [0.15, 0.2) is 31.0 Å². The molecule has 0 saturated carbocycles. The van der Waals surface area contributed by atoms with Gasteiger partial charge in [0.15, 0.2) is 0 Å². The molecule has 1 N–H and O–H groups in total. The molecule has 8 heteroatoms. The van der Waals surface area contributed by atoms with Gasteiger partial charge in [0.25, 0.3) is 0 Å². The standard InChI is InChI=1S/C15H19N5O3/c1-10(20-9-16-8-18-20)15(21)19-12-5-6-23-14(12)11-3-4-13(22-2)17-7-11/h3-4,7-10,12,14H,5-6H2,1-2H3,(H,19,21)/t10?,12-,14+/m0/s1. The Morgan fingerprint density at radius 1 is 1.52 bits per heavy atom. The number of rotatable bonds is 5. The molecule has 3 heterocycles. The molecule has 1 aliphatic heterocycles. The molecular formula is C15H19N5O3. The van der Waals surface area contributed by atoms with Gasteiger partial charge in [0.2, 0.25) is 11.8 Å². The Morgan fingerprint density at radius 3 is 3.04 bits per heavy atom. The molecule has 0 spiro atoms. The summed E-state index contributed by atoms with van der Waals surface area (Å²) in [5.41, 5.74) is 0.919. The molecule has 23 heavy (non-hydrogen) atoms. The number of methoxy groups -OCH3 is 1. The second kappa shape index (κ2) is 6.74. The van der Waals surface area contributed by atoms with Crippen molar-refractivity contribution in [2.45, 2.75) is 31.5 Å². The lowest BCUT2D eigenvalue weighted by Crippen LogP contribution is -2.40. The molecule has 8 nitrogen and oxygen atoms in total. The number of pyridine rings is 1. The lowest BCUT2D eigenvalue weighted by atomic mass is 10.0.